The molecule has 0 radical (unpaired) electrons. The summed E-state index contributed by atoms with van der Waals surface area (Å²) in [7, 11) is 0. The lowest BCUT2D eigenvalue weighted by atomic mass is 10.3. The first kappa shape index (κ1) is 11.9. The highest BCUT2D eigenvalue weighted by Crippen LogP contribution is 2.21. The smallest absolute Gasteiger partial charge is 0.167 e. The molecular weight excluding hydrogens is 217 g/mol. The lowest BCUT2D eigenvalue weighted by Gasteiger charge is -2.08. The Hall–Kier alpha value is -1.22. The SMILES string of the molecule is C=C(Cl)CNc1ccc(OCC)c(F)c1. The molecule has 15 heavy (non-hydrogen) atoms. The largest absolute Gasteiger partial charge is 0.491 e. The summed E-state index contributed by atoms with van der Waals surface area (Å²) in [6.07, 6.45) is 0. The Kier molecular flexibility index (Phi) is 4.43. The van der Waals surface area contributed by atoms with Crippen molar-refractivity contribution in [1.29, 1.82) is 0 Å². The average Bonchev–Trinajstić information content (AvgIpc) is 2.19. The summed E-state index contributed by atoms with van der Waals surface area (Å²) in [4.78, 5) is 0. The summed E-state index contributed by atoms with van der Waals surface area (Å²) >= 11 is 5.57. The molecule has 2 nitrogen and oxygen atoms in total. The van der Waals surface area contributed by atoms with Crippen LogP contribution in [0.2, 0.25) is 0 Å². The molecule has 0 aliphatic rings. The third-order valence-electron chi connectivity index (χ3n) is 1.72. The van der Waals surface area contributed by atoms with Gasteiger partial charge < -0.3 is 10.1 Å². The van der Waals surface area contributed by atoms with Gasteiger partial charge in [0.1, 0.15) is 0 Å². The normalized spacial score (nSPS) is 9.80. The molecule has 0 atom stereocenters. The number of rotatable bonds is 5. The fourth-order valence-corrected chi connectivity index (χ4v) is 1.15. The minimum absolute atomic E-state index is 0.257. The van der Waals surface area contributed by atoms with E-state index in [1.54, 1.807) is 12.1 Å². The Morgan fingerprint density at radius 3 is 2.87 bits per heavy atom. The monoisotopic (exact) mass is 229 g/mol. The Labute approximate surface area is 93.7 Å². The molecule has 0 bridgehead atoms. The van der Waals surface area contributed by atoms with Crippen molar-refractivity contribution < 1.29 is 9.13 Å². The molecule has 0 aromatic heterocycles. The molecule has 0 aliphatic carbocycles. The number of hydrogen-bond donors (Lipinski definition) is 1. The zero-order valence-corrected chi connectivity index (χ0v) is 9.27. The van der Waals surface area contributed by atoms with Crippen molar-refractivity contribution in [1.82, 2.24) is 0 Å². The number of hydrogen-bond acceptors (Lipinski definition) is 2. The van der Waals surface area contributed by atoms with E-state index < -0.39 is 0 Å². The van der Waals surface area contributed by atoms with E-state index in [2.05, 4.69) is 11.9 Å². The molecule has 0 amide bonds. The number of ether oxygens (including phenoxy) is 1. The van der Waals surface area contributed by atoms with Gasteiger partial charge in [-0.05, 0) is 19.1 Å². The molecule has 0 unspecified atom stereocenters. The standard InChI is InChI=1S/C11H13ClFNO/c1-3-15-11-5-4-9(6-10(11)13)14-7-8(2)12/h4-6,14H,2-3,7H2,1H3. The predicted octanol–water partition coefficient (Wildman–Crippen LogP) is 3.39. The minimum atomic E-state index is -0.387. The van der Waals surface area contributed by atoms with E-state index in [9.17, 15) is 4.39 Å². The van der Waals surface area contributed by atoms with Crippen LogP contribution in [0.25, 0.3) is 0 Å². The molecule has 0 aliphatic heterocycles. The molecule has 0 spiro atoms. The van der Waals surface area contributed by atoms with Crippen molar-refractivity contribution in [3.05, 3.63) is 35.6 Å². The summed E-state index contributed by atoms with van der Waals surface area (Å²) in [5, 5.41) is 3.40. The second-order valence-electron chi connectivity index (χ2n) is 2.95. The number of benzene rings is 1. The van der Waals surface area contributed by atoms with Gasteiger partial charge in [0.2, 0.25) is 0 Å². The topological polar surface area (TPSA) is 21.3 Å². The lowest BCUT2D eigenvalue weighted by molar-refractivity contribution is 0.321. The number of nitrogens with one attached hydrogen (secondary N) is 1. The molecule has 0 heterocycles. The molecule has 1 aromatic carbocycles. The maximum absolute atomic E-state index is 13.3. The third-order valence-corrected chi connectivity index (χ3v) is 1.85. The van der Waals surface area contributed by atoms with Crippen LogP contribution in [0.5, 0.6) is 5.75 Å². The van der Waals surface area contributed by atoms with E-state index in [1.807, 2.05) is 6.92 Å². The van der Waals surface area contributed by atoms with E-state index >= 15 is 0 Å². The third kappa shape index (κ3) is 3.80. The van der Waals surface area contributed by atoms with E-state index in [0.29, 0.717) is 23.9 Å². The van der Waals surface area contributed by atoms with E-state index in [-0.39, 0.29) is 11.6 Å². The van der Waals surface area contributed by atoms with Gasteiger partial charge in [-0.1, -0.05) is 18.2 Å². The van der Waals surface area contributed by atoms with Gasteiger partial charge >= 0.3 is 0 Å². The Bertz CT molecular complexity index is 354. The maximum atomic E-state index is 13.3. The van der Waals surface area contributed by atoms with Gasteiger partial charge in [-0.2, -0.15) is 0 Å². The van der Waals surface area contributed by atoms with Crippen LogP contribution < -0.4 is 10.1 Å². The second-order valence-corrected chi connectivity index (χ2v) is 3.48. The van der Waals surface area contributed by atoms with Gasteiger partial charge in [0.15, 0.2) is 11.6 Å². The van der Waals surface area contributed by atoms with E-state index in [0.717, 1.165) is 0 Å². The zero-order valence-electron chi connectivity index (χ0n) is 8.52. The van der Waals surface area contributed by atoms with Crippen molar-refractivity contribution in [2.24, 2.45) is 0 Å². The zero-order chi connectivity index (χ0) is 11.3. The van der Waals surface area contributed by atoms with Gasteiger partial charge in [0.05, 0.1) is 13.2 Å². The van der Waals surface area contributed by atoms with E-state index in [4.69, 9.17) is 16.3 Å². The van der Waals surface area contributed by atoms with Crippen LogP contribution in [-0.2, 0) is 0 Å². The summed E-state index contributed by atoms with van der Waals surface area (Å²) in [5.41, 5.74) is 0.651. The molecule has 1 N–H and O–H groups in total. The first-order valence-corrected chi connectivity index (χ1v) is 5.00. The van der Waals surface area contributed by atoms with Crippen LogP contribution in [0.15, 0.2) is 29.8 Å². The molecule has 4 heteroatoms. The van der Waals surface area contributed by atoms with Crippen molar-refractivity contribution in [3.8, 4) is 5.75 Å². The van der Waals surface area contributed by atoms with Crippen molar-refractivity contribution in [2.75, 3.05) is 18.5 Å². The summed E-state index contributed by atoms with van der Waals surface area (Å²) in [5.74, 6) is -0.130. The Morgan fingerprint density at radius 2 is 2.33 bits per heavy atom. The highest BCUT2D eigenvalue weighted by molar-refractivity contribution is 6.29. The van der Waals surface area contributed by atoms with Crippen molar-refractivity contribution in [2.45, 2.75) is 6.92 Å². The molecule has 0 saturated carbocycles. The van der Waals surface area contributed by atoms with Gasteiger partial charge in [0.25, 0.3) is 0 Å². The lowest BCUT2D eigenvalue weighted by Crippen LogP contribution is -2.02. The van der Waals surface area contributed by atoms with Crippen molar-refractivity contribution in [3.63, 3.8) is 0 Å². The molecule has 1 aromatic rings. The predicted molar refractivity (Wildman–Crippen MR) is 61.1 cm³/mol. The number of halogens is 2. The van der Waals surface area contributed by atoms with Crippen molar-refractivity contribution >= 4 is 17.3 Å². The highest BCUT2D eigenvalue weighted by atomic mass is 35.5. The Morgan fingerprint density at radius 1 is 1.60 bits per heavy atom. The average molecular weight is 230 g/mol. The fraction of sp³-hybridized carbons (Fsp3) is 0.273. The van der Waals surface area contributed by atoms with Crippen LogP contribution in [0.4, 0.5) is 10.1 Å². The quantitative estimate of drug-likeness (QED) is 0.836. The minimum Gasteiger partial charge on any atom is -0.491 e. The van der Waals surface area contributed by atoms with Crippen LogP contribution >= 0.6 is 11.6 Å². The second kappa shape index (κ2) is 5.61. The van der Waals surface area contributed by atoms with Gasteiger partial charge in [-0.3, -0.25) is 0 Å². The Balaban J connectivity index is 2.68. The number of anilines is 1. The van der Waals surface area contributed by atoms with Crippen LogP contribution in [0, 0.1) is 5.82 Å². The van der Waals surface area contributed by atoms with Crippen LogP contribution in [0.1, 0.15) is 6.92 Å². The summed E-state index contributed by atoms with van der Waals surface area (Å²) in [6.45, 7) is 6.19. The van der Waals surface area contributed by atoms with Gasteiger partial charge in [0, 0.05) is 16.8 Å². The first-order chi connectivity index (χ1) is 7.13. The first-order valence-electron chi connectivity index (χ1n) is 4.63. The molecular formula is C11H13ClFNO. The maximum Gasteiger partial charge on any atom is 0.167 e. The molecule has 0 saturated heterocycles. The highest BCUT2D eigenvalue weighted by Gasteiger charge is 2.03. The van der Waals surface area contributed by atoms with Crippen LogP contribution in [-0.4, -0.2) is 13.2 Å². The van der Waals surface area contributed by atoms with Crippen LogP contribution in [0.3, 0.4) is 0 Å². The summed E-state index contributed by atoms with van der Waals surface area (Å²) in [6, 6.07) is 4.68. The molecule has 82 valence electrons. The summed E-state index contributed by atoms with van der Waals surface area (Å²) < 4.78 is 18.4. The van der Waals surface area contributed by atoms with E-state index in [1.165, 1.54) is 6.07 Å². The molecule has 1 rings (SSSR count). The van der Waals surface area contributed by atoms with Gasteiger partial charge in [-0.15, -0.1) is 0 Å². The fourth-order valence-electron chi connectivity index (χ4n) is 1.08. The molecule has 0 fully saturated rings. The van der Waals surface area contributed by atoms with Gasteiger partial charge in [-0.25, -0.2) is 4.39 Å².